The second kappa shape index (κ2) is 8.40. The van der Waals surface area contributed by atoms with E-state index in [4.69, 9.17) is 26.2 Å². The largest absolute Gasteiger partial charge is 0.490 e. The molecule has 0 unspecified atom stereocenters. The van der Waals surface area contributed by atoms with Crippen LogP contribution in [0.25, 0.3) is 0 Å². The summed E-state index contributed by atoms with van der Waals surface area (Å²) in [7, 11) is 0. The standard InChI is InChI=1S/C25H20BrClN2O2/c1-2-13-30-18-10-7-16(8-11-18)22-15-23-20-14-17(26)9-12-24(20)31-25(29(23)28-22)19-5-3-4-6-21(19)27/h2-12,14,23,25H,1,13,15H2/t23-,25+/m0/s1. The van der Waals surface area contributed by atoms with Crippen LogP contribution in [0.5, 0.6) is 11.5 Å². The van der Waals surface area contributed by atoms with Gasteiger partial charge >= 0.3 is 0 Å². The van der Waals surface area contributed by atoms with Gasteiger partial charge in [-0.25, -0.2) is 5.01 Å². The Kier molecular flexibility index (Phi) is 5.47. The zero-order valence-corrected chi connectivity index (χ0v) is 19.0. The van der Waals surface area contributed by atoms with Crippen molar-refractivity contribution in [2.75, 3.05) is 6.61 Å². The van der Waals surface area contributed by atoms with Crippen LogP contribution in [0.2, 0.25) is 5.02 Å². The first-order chi connectivity index (χ1) is 15.1. The Morgan fingerprint density at radius 3 is 2.71 bits per heavy atom. The van der Waals surface area contributed by atoms with Crippen LogP contribution < -0.4 is 9.47 Å². The van der Waals surface area contributed by atoms with Gasteiger partial charge in [0.15, 0.2) is 0 Å². The number of benzene rings is 3. The molecule has 31 heavy (non-hydrogen) atoms. The smallest absolute Gasteiger partial charge is 0.215 e. The van der Waals surface area contributed by atoms with Crippen LogP contribution in [0.1, 0.15) is 35.4 Å². The molecule has 0 saturated heterocycles. The maximum absolute atomic E-state index is 6.53. The number of hydrogen-bond acceptors (Lipinski definition) is 4. The SMILES string of the molecule is C=CCOc1ccc(C2=NN3[C@@H](c4ccccc4Cl)Oc4ccc(Br)cc4[C@@H]3C2)cc1. The third-order valence-corrected chi connectivity index (χ3v) is 6.32. The van der Waals surface area contributed by atoms with E-state index in [1.54, 1.807) is 6.08 Å². The lowest BCUT2D eigenvalue weighted by molar-refractivity contribution is -0.0190. The van der Waals surface area contributed by atoms with Crippen LogP contribution in [0, 0.1) is 0 Å². The molecule has 0 fully saturated rings. The normalized spacial score (nSPS) is 19.2. The van der Waals surface area contributed by atoms with E-state index in [0.29, 0.717) is 11.6 Å². The molecule has 0 saturated carbocycles. The van der Waals surface area contributed by atoms with Crippen molar-refractivity contribution in [3.05, 3.63) is 106 Å². The topological polar surface area (TPSA) is 34.1 Å². The van der Waals surface area contributed by atoms with Crippen molar-refractivity contribution >= 4 is 33.2 Å². The summed E-state index contributed by atoms with van der Waals surface area (Å²) in [6.07, 6.45) is 2.12. The number of halogens is 2. The molecule has 0 aromatic heterocycles. The van der Waals surface area contributed by atoms with Crippen molar-refractivity contribution in [2.45, 2.75) is 18.7 Å². The van der Waals surface area contributed by atoms with Crippen LogP contribution in [-0.4, -0.2) is 17.3 Å². The molecule has 0 radical (unpaired) electrons. The minimum atomic E-state index is -0.389. The van der Waals surface area contributed by atoms with E-state index >= 15 is 0 Å². The molecule has 2 atom stereocenters. The summed E-state index contributed by atoms with van der Waals surface area (Å²) >= 11 is 10.1. The van der Waals surface area contributed by atoms with Crippen LogP contribution in [0.3, 0.4) is 0 Å². The second-order valence-corrected chi connectivity index (χ2v) is 8.77. The first-order valence-electron chi connectivity index (χ1n) is 10.0. The molecule has 3 aromatic carbocycles. The Hall–Kier alpha value is -2.76. The van der Waals surface area contributed by atoms with Crippen LogP contribution >= 0.6 is 27.5 Å². The quantitative estimate of drug-likeness (QED) is 0.361. The van der Waals surface area contributed by atoms with Gasteiger partial charge < -0.3 is 9.47 Å². The van der Waals surface area contributed by atoms with Gasteiger partial charge in [-0.1, -0.05) is 58.4 Å². The summed E-state index contributed by atoms with van der Waals surface area (Å²) in [5.41, 5.74) is 4.09. The summed E-state index contributed by atoms with van der Waals surface area (Å²) in [5, 5.41) is 7.69. The lowest BCUT2D eigenvalue weighted by Gasteiger charge is -2.38. The van der Waals surface area contributed by atoms with E-state index in [1.165, 1.54) is 0 Å². The van der Waals surface area contributed by atoms with Crippen molar-refractivity contribution < 1.29 is 9.47 Å². The molecule has 0 amide bonds. The molecule has 6 heteroatoms. The van der Waals surface area contributed by atoms with Crippen molar-refractivity contribution in [3.63, 3.8) is 0 Å². The molecule has 0 N–H and O–H groups in total. The van der Waals surface area contributed by atoms with Gasteiger partial charge in [0.1, 0.15) is 18.1 Å². The maximum atomic E-state index is 6.53. The molecule has 4 nitrogen and oxygen atoms in total. The molecule has 2 aliphatic heterocycles. The van der Waals surface area contributed by atoms with Gasteiger partial charge in [0.05, 0.1) is 11.8 Å². The molecule has 156 valence electrons. The lowest BCUT2D eigenvalue weighted by Crippen LogP contribution is -2.33. The van der Waals surface area contributed by atoms with E-state index in [9.17, 15) is 0 Å². The third-order valence-electron chi connectivity index (χ3n) is 5.48. The fourth-order valence-corrected chi connectivity index (χ4v) is 4.62. The monoisotopic (exact) mass is 494 g/mol. The van der Waals surface area contributed by atoms with Gasteiger partial charge in [0.25, 0.3) is 0 Å². The van der Waals surface area contributed by atoms with Gasteiger partial charge in [0.2, 0.25) is 6.23 Å². The summed E-state index contributed by atoms with van der Waals surface area (Å²) in [6, 6.07) is 22.0. The zero-order chi connectivity index (χ0) is 21.4. The van der Waals surface area contributed by atoms with E-state index in [-0.39, 0.29) is 12.3 Å². The highest BCUT2D eigenvalue weighted by atomic mass is 79.9. The van der Waals surface area contributed by atoms with Crippen LogP contribution in [-0.2, 0) is 0 Å². The number of nitrogens with zero attached hydrogens (tertiary/aromatic N) is 2. The molecule has 0 aliphatic carbocycles. The van der Waals surface area contributed by atoms with Crippen molar-refractivity contribution in [1.82, 2.24) is 5.01 Å². The Labute approximate surface area is 194 Å². The maximum Gasteiger partial charge on any atom is 0.215 e. The average Bonchev–Trinajstić information content (AvgIpc) is 3.24. The van der Waals surface area contributed by atoms with Crippen molar-refractivity contribution in [2.24, 2.45) is 5.10 Å². The molecule has 3 aromatic rings. The average molecular weight is 496 g/mol. The fourth-order valence-electron chi connectivity index (χ4n) is 4.01. The summed E-state index contributed by atoms with van der Waals surface area (Å²) < 4.78 is 13.0. The molecule has 0 bridgehead atoms. The first kappa shape index (κ1) is 20.2. The van der Waals surface area contributed by atoms with Crippen molar-refractivity contribution in [1.29, 1.82) is 0 Å². The zero-order valence-electron chi connectivity index (χ0n) is 16.7. The Bertz CT molecular complexity index is 1160. The Balaban J connectivity index is 1.53. The van der Waals surface area contributed by atoms with E-state index in [2.05, 4.69) is 28.6 Å². The van der Waals surface area contributed by atoms with Gasteiger partial charge in [-0.15, -0.1) is 0 Å². The summed E-state index contributed by atoms with van der Waals surface area (Å²) in [6.45, 7) is 4.17. The lowest BCUT2D eigenvalue weighted by atomic mass is 9.96. The van der Waals surface area contributed by atoms with E-state index < -0.39 is 0 Å². The minimum absolute atomic E-state index is 0.0641. The molecule has 0 spiro atoms. The third kappa shape index (κ3) is 3.84. The number of hydrogen-bond donors (Lipinski definition) is 0. The fraction of sp³-hybridized carbons (Fsp3) is 0.160. The van der Waals surface area contributed by atoms with Gasteiger partial charge in [0, 0.05) is 27.0 Å². The van der Waals surface area contributed by atoms with Gasteiger partial charge in [-0.2, -0.15) is 5.10 Å². The predicted molar refractivity (Wildman–Crippen MR) is 127 cm³/mol. The van der Waals surface area contributed by atoms with Crippen molar-refractivity contribution in [3.8, 4) is 11.5 Å². The summed E-state index contributed by atoms with van der Waals surface area (Å²) in [5.74, 6) is 1.67. The molecular formula is C25H20BrClN2O2. The Morgan fingerprint density at radius 1 is 1.13 bits per heavy atom. The highest BCUT2D eigenvalue weighted by Gasteiger charge is 2.41. The number of rotatable bonds is 5. The predicted octanol–water partition coefficient (Wildman–Crippen LogP) is 6.91. The van der Waals surface area contributed by atoms with Gasteiger partial charge in [-0.3, -0.25) is 0 Å². The summed E-state index contributed by atoms with van der Waals surface area (Å²) in [4.78, 5) is 0. The molecular weight excluding hydrogens is 476 g/mol. The molecule has 5 rings (SSSR count). The second-order valence-electron chi connectivity index (χ2n) is 7.44. The Morgan fingerprint density at radius 2 is 1.94 bits per heavy atom. The van der Waals surface area contributed by atoms with Gasteiger partial charge in [-0.05, 0) is 54.1 Å². The molecule has 2 heterocycles. The van der Waals surface area contributed by atoms with Crippen LogP contribution in [0.15, 0.2) is 89.0 Å². The number of ether oxygens (including phenoxy) is 2. The van der Waals surface area contributed by atoms with E-state index in [1.807, 2.05) is 65.7 Å². The van der Waals surface area contributed by atoms with Crippen LogP contribution in [0.4, 0.5) is 0 Å². The number of fused-ring (bicyclic) bond motifs is 3. The number of hydrazone groups is 1. The molecule has 2 aliphatic rings. The highest BCUT2D eigenvalue weighted by molar-refractivity contribution is 9.10. The first-order valence-corrected chi connectivity index (χ1v) is 11.2. The van der Waals surface area contributed by atoms with E-state index in [0.717, 1.165) is 44.8 Å². The highest BCUT2D eigenvalue weighted by Crippen LogP contribution is 2.49. The minimum Gasteiger partial charge on any atom is -0.490 e.